The molecular weight excluding hydrogens is 288 g/mol. The minimum Gasteiger partial charge on any atom is -0.481 e. The first-order chi connectivity index (χ1) is 9.88. The first-order valence-electron chi connectivity index (χ1n) is 6.16. The summed E-state index contributed by atoms with van der Waals surface area (Å²) in [6.07, 6.45) is -0.982. The van der Waals surface area contributed by atoms with Gasteiger partial charge in [-0.25, -0.2) is 13.6 Å². The fourth-order valence-electron chi connectivity index (χ4n) is 2.14. The van der Waals surface area contributed by atoms with Gasteiger partial charge in [0.25, 0.3) is 5.91 Å². The second-order valence-electron chi connectivity index (χ2n) is 4.65. The van der Waals surface area contributed by atoms with Gasteiger partial charge in [-0.1, -0.05) is 0 Å². The van der Waals surface area contributed by atoms with Crippen molar-refractivity contribution in [2.24, 2.45) is 0 Å². The van der Waals surface area contributed by atoms with Crippen molar-refractivity contribution in [1.29, 1.82) is 0 Å². The van der Waals surface area contributed by atoms with Crippen molar-refractivity contribution in [3.05, 3.63) is 29.8 Å². The molecule has 6 nitrogen and oxygen atoms in total. The van der Waals surface area contributed by atoms with Crippen LogP contribution in [0.2, 0.25) is 0 Å². The Morgan fingerprint density at radius 1 is 1.38 bits per heavy atom. The van der Waals surface area contributed by atoms with Crippen molar-refractivity contribution >= 4 is 11.9 Å². The van der Waals surface area contributed by atoms with Gasteiger partial charge in [-0.2, -0.15) is 0 Å². The van der Waals surface area contributed by atoms with Crippen LogP contribution in [0.25, 0.3) is 0 Å². The number of halogens is 2. The van der Waals surface area contributed by atoms with E-state index >= 15 is 0 Å². The zero-order valence-electron chi connectivity index (χ0n) is 10.8. The maximum atomic E-state index is 13.3. The van der Waals surface area contributed by atoms with Gasteiger partial charge < -0.3 is 19.8 Å². The summed E-state index contributed by atoms with van der Waals surface area (Å²) in [7, 11) is 0. The minimum absolute atomic E-state index is 0.0635. The second kappa shape index (κ2) is 6.04. The van der Waals surface area contributed by atoms with Gasteiger partial charge in [0.1, 0.15) is 11.9 Å². The minimum atomic E-state index is -1.23. The molecule has 2 N–H and O–H groups in total. The van der Waals surface area contributed by atoms with E-state index in [9.17, 15) is 23.5 Å². The SMILES string of the molecule is O=C(O)[C@H]1C[C@@H](O)CN1C(=O)COc1ccc(F)cc1F. The number of ether oxygens (including phenoxy) is 1. The summed E-state index contributed by atoms with van der Waals surface area (Å²) < 4.78 is 31.0. The number of amides is 1. The number of aliphatic hydroxyl groups is 1. The Bertz CT molecular complexity index is 565. The Morgan fingerprint density at radius 2 is 2.10 bits per heavy atom. The third-order valence-corrected chi connectivity index (χ3v) is 3.13. The van der Waals surface area contributed by atoms with Crippen LogP contribution in [0.4, 0.5) is 8.78 Å². The number of nitrogens with zero attached hydrogens (tertiary/aromatic N) is 1. The molecule has 0 bridgehead atoms. The molecule has 2 rings (SSSR count). The van der Waals surface area contributed by atoms with E-state index < -0.39 is 42.3 Å². The lowest BCUT2D eigenvalue weighted by Crippen LogP contribution is -2.43. The lowest BCUT2D eigenvalue weighted by Gasteiger charge is -2.21. The Labute approximate surface area is 118 Å². The van der Waals surface area contributed by atoms with Gasteiger partial charge in [-0.05, 0) is 12.1 Å². The van der Waals surface area contributed by atoms with Gasteiger partial charge in [0.05, 0.1) is 6.10 Å². The first kappa shape index (κ1) is 15.2. The van der Waals surface area contributed by atoms with Gasteiger partial charge in [-0.15, -0.1) is 0 Å². The molecule has 1 amide bonds. The maximum Gasteiger partial charge on any atom is 0.326 e. The molecule has 1 fully saturated rings. The van der Waals surface area contributed by atoms with E-state index in [1.54, 1.807) is 0 Å². The van der Waals surface area contributed by atoms with Crippen molar-refractivity contribution < 1.29 is 33.3 Å². The molecule has 1 aliphatic rings. The lowest BCUT2D eigenvalue weighted by atomic mass is 10.2. The summed E-state index contributed by atoms with van der Waals surface area (Å²) in [5, 5.41) is 18.4. The topological polar surface area (TPSA) is 87.1 Å². The molecule has 0 aromatic heterocycles. The molecular formula is C13H13F2NO5. The number of benzene rings is 1. The molecule has 0 spiro atoms. The summed E-state index contributed by atoms with van der Waals surface area (Å²) in [5.74, 6) is -3.97. The lowest BCUT2D eigenvalue weighted by molar-refractivity contribution is -0.149. The largest absolute Gasteiger partial charge is 0.481 e. The molecule has 1 saturated heterocycles. The van der Waals surface area contributed by atoms with Crippen LogP contribution in [0.3, 0.4) is 0 Å². The molecule has 2 atom stereocenters. The maximum absolute atomic E-state index is 13.3. The number of carboxylic acid groups (broad SMARTS) is 1. The standard InChI is InChI=1S/C13H13F2NO5/c14-7-1-2-11(9(15)3-7)21-6-12(18)16-5-8(17)4-10(16)13(19)20/h1-3,8,10,17H,4-6H2,(H,19,20)/t8-,10-/m1/s1. The van der Waals surface area contributed by atoms with Crippen LogP contribution in [0.1, 0.15) is 6.42 Å². The fourth-order valence-corrected chi connectivity index (χ4v) is 2.14. The summed E-state index contributed by atoms with van der Waals surface area (Å²) in [6.45, 7) is -0.718. The Balaban J connectivity index is 1.99. The number of hydrogen-bond acceptors (Lipinski definition) is 4. The summed E-state index contributed by atoms with van der Waals surface area (Å²) >= 11 is 0. The van der Waals surface area contributed by atoms with Crippen molar-refractivity contribution in [2.75, 3.05) is 13.2 Å². The quantitative estimate of drug-likeness (QED) is 0.840. The average molecular weight is 301 g/mol. The van der Waals surface area contributed by atoms with Crippen LogP contribution in [0.15, 0.2) is 18.2 Å². The molecule has 1 aromatic carbocycles. The number of rotatable bonds is 4. The number of carboxylic acids is 1. The monoisotopic (exact) mass is 301 g/mol. The highest BCUT2D eigenvalue weighted by atomic mass is 19.1. The van der Waals surface area contributed by atoms with E-state index in [-0.39, 0.29) is 18.7 Å². The Morgan fingerprint density at radius 3 is 2.71 bits per heavy atom. The van der Waals surface area contributed by atoms with Crippen molar-refractivity contribution in [2.45, 2.75) is 18.6 Å². The van der Waals surface area contributed by atoms with Crippen LogP contribution in [-0.2, 0) is 9.59 Å². The third kappa shape index (κ3) is 3.46. The van der Waals surface area contributed by atoms with Crippen molar-refractivity contribution in [1.82, 2.24) is 4.90 Å². The van der Waals surface area contributed by atoms with Gasteiger partial charge in [0, 0.05) is 19.0 Å². The van der Waals surface area contributed by atoms with E-state index in [0.717, 1.165) is 17.0 Å². The molecule has 8 heteroatoms. The van der Waals surface area contributed by atoms with Gasteiger partial charge in [-0.3, -0.25) is 4.79 Å². The molecule has 0 aliphatic carbocycles. The van der Waals surface area contributed by atoms with E-state index in [4.69, 9.17) is 9.84 Å². The van der Waals surface area contributed by atoms with Gasteiger partial charge in [0.2, 0.25) is 0 Å². The van der Waals surface area contributed by atoms with Crippen LogP contribution < -0.4 is 4.74 Å². The number of aliphatic hydroxyl groups excluding tert-OH is 1. The molecule has 0 saturated carbocycles. The summed E-state index contributed by atoms with van der Waals surface area (Å²) in [4.78, 5) is 23.8. The van der Waals surface area contributed by atoms with E-state index in [2.05, 4.69) is 0 Å². The first-order valence-corrected chi connectivity index (χ1v) is 6.16. The molecule has 1 heterocycles. The number of hydrogen-bond donors (Lipinski definition) is 2. The van der Waals surface area contributed by atoms with E-state index in [0.29, 0.717) is 6.07 Å². The van der Waals surface area contributed by atoms with Crippen molar-refractivity contribution in [3.8, 4) is 5.75 Å². The van der Waals surface area contributed by atoms with E-state index in [1.165, 1.54) is 0 Å². The van der Waals surface area contributed by atoms with E-state index in [1.807, 2.05) is 0 Å². The number of carbonyl (C=O) groups is 2. The summed E-state index contributed by atoms with van der Waals surface area (Å²) in [5.41, 5.74) is 0. The zero-order valence-corrected chi connectivity index (χ0v) is 10.8. The number of β-amino-alcohol motifs (C(OH)–C–C–N with tert-alkyl or cyclic N) is 1. The van der Waals surface area contributed by atoms with Crippen molar-refractivity contribution in [3.63, 3.8) is 0 Å². The van der Waals surface area contributed by atoms with Crippen LogP contribution in [0, 0.1) is 11.6 Å². The number of aliphatic carboxylic acids is 1. The molecule has 1 aliphatic heterocycles. The van der Waals surface area contributed by atoms with Gasteiger partial charge in [0.15, 0.2) is 18.2 Å². The molecule has 0 unspecified atom stereocenters. The number of likely N-dealkylation sites (tertiary alicyclic amines) is 1. The second-order valence-corrected chi connectivity index (χ2v) is 4.65. The normalized spacial score (nSPS) is 21.4. The zero-order chi connectivity index (χ0) is 15.6. The Kier molecular flexibility index (Phi) is 4.37. The summed E-state index contributed by atoms with van der Waals surface area (Å²) in [6, 6.07) is 1.49. The highest BCUT2D eigenvalue weighted by Gasteiger charge is 2.38. The molecule has 1 aromatic rings. The van der Waals surface area contributed by atoms with Gasteiger partial charge >= 0.3 is 5.97 Å². The highest BCUT2D eigenvalue weighted by molar-refractivity contribution is 5.85. The Hall–Kier alpha value is -2.22. The number of carbonyl (C=O) groups excluding carboxylic acids is 1. The average Bonchev–Trinajstić information content (AvgIpc) is 2.80. The predicted molar refractivity (Wildman–Crippen MR) is 65.6 cm³/mol. The fraction of sp³-hybridized carbons (Fsp3) is 0.385. The molecule has 21 heavy (non-hydrogen) atoms. The highest BCUT2D eigenvalue weighted by Crippen LogP contribution is 2.20. The van der Waals surface area contributed by atoms with Crippen LogP contribution >= 0.6 is 0 Å². The molecule has 0 radical (unpaired) electrons. The van der Waals surface area contributed by atoms with Crippen LogP contribution in [-0.4, -0.2) is 52.3 Å². The smallest absolute Gasteiger partial charge is 0.326 e. The predicted octanol–water partition coefficient (Wildman–Crippen LogP) is 0.390. The third-order valence-electron chi connectivity index (χ3n) is 3.13. The molecule has 114 valence electrons. The van der Waals surface area contributed by atoms with Crippen LogP contribution in [0.5, 0.6) is 5.75 Å².